The van der Waals surface area contributed by atoms with E-state index in [1.54, 1.807) is 12.1 Å². The normalized spacial score (nSPS) is 10.5. The summed E-state index contributed by atoms with van der Waals surface area (Å²) in [6.45, 7) is 4.94. The van der Waals surface area contributed by atoms with E-state index >= 15 is 0 Å². The lowest BCUT2D eigenvalue weighted by molar-refractivity contribution is 0.339. The molecule has 1 N–H and O–H groups in total. The topological polar surface area (TPSA) is 21.3 Å². The van der Waals surface area contributed by atoms with Gasteiger partial charge in [0.1, 0.15) is 5.82 Å². The van der Waals surface area contributed by atoms with E-state index in [9.17, 15) is 4.39 Å². The van der Waals surface area contributed by atoms with E-state index in [1.807, 2.05) is 19.9 Å². The smallest absolute Gasteiger partial charge is 0.156 e. The number of hydrogen-bond donors (Lipinski definition) is 1. The van der Waals surface area contributed by atoms with Crippen molar-refractivity contribution in [2.45, 2.75) is 20.4 Å². The summed E-state index contributed by atoms with van der Waals surface area (Å²) in [6, 6.07) is 8.37. The Balaban J connectivity index is 2.22. The van der Waals surface area contributed by atoms with Crippen LogP contribution < -0.4 is 10.1 Å². The Morgan fingerprint density at radius 2 is 2.05 bits per heavy atom. The fourth-order valence-electron chi connectivity index (χ4n) is 2.03. The molecule has 0 atom stereocenters. The second-order valence-corrected chi connectivity index (χ2v) is 5.91. The van der Waals surface area contributed by atoms with Crippen molar-refractivity contribution in [3.05, 3.63) is 56.8 Å². The van der Waals surface area contributed by atoms with Crippen molar-refractivity contribution >= 4 is 33.2 Å². The molecule has 0 spiro atoms. The summed E-state index contributed by atoms with van der Waals surface area (Å²) in [4.78, 5) is 0. The van der Waals surface area contributed by atoms with Gasteiger partial charge in [-0.1, -0.05) is 17.7 Å². The predicted octanol–water partition coefficient (Wildman–Crippen LogP) is 5.56. The molecule has 0 amide bonds. The lowest BCUT2D eigenvalue weighted by atomic mass is 10.1. The van der Waals surface area contributed by atoms with Crippen molar-refractivity contribution in [2.75, 3.05) is 11.9 Å². The molecule has 0 radical (unpaired) electrons. The zero-order chi connectivity index (χ0) is 15.4. The van der Waals surface area contributed by atoms with Crippen LogP contribution >= 0.6 is 27.5 Å². The molecule has 0 aliphatic rings. The Morgan fingerprint density at radius 3 is 2.71 bits per heavy atom. The molecule has 2 rings (SSSR count). The quantitative estimate of drug-likeness (QED) is 0.742. The van der Waals surface area contributed by atoms with E-state index in [0.29, 0.717) is 18.2 Å². The van der Waals surface area contributed by atoms with Crippen LogP contribution in [0.1, 0.15) is 18.1 Å². The second-order valence-electron chi connectivity index (χ2n) is 4.62. The Hall–Kier alpha value is -1.26. The van der Waals surface area contributed by atoms with E-state index in [2.05, 4.69) is 21.2 Å². The molecule has 21 heavy (non-hydrogen) atoms. The zero-order valence-corrected chi connectivity index (χ0v) is 14.2. The first-order valence-corrected chi connectivity index (χ1v) is 7.79. The minimum absolute atomic E-state index is 0.225. The summed E-state index contributed by atoms with van der Waals surface area (Å²) in [5.41, 5.74) is 2.73. The monoisotopic (exact) mass is 371 g/mol. The van der Waals surface area contributed by atoms with Crippen LogP contribution in [0.2, 0.25) is 5.02 Å². The van der Waals surface area contributed by atoms with Crippen molar-refractivity contribution in [1.29, 1.82) is 0 Å². The number of hydrogen-bond acceptors (Lipinski definition) is 2. The highest BCUT2D eigenvalue weighted by molar-refractivity contribution is 9.10. The van der Waals surface area contributed by atoms with E-state index in [1.165, 1.54) is 12.1 Å². The largest absolute Gasteiger partial charge is 0.491 e. The molecule has 0 aliphatic heterocycles. The van der Waals surface area contributed by atoms with Gasteiger partial charge in [0.15, 0.2) is 5.75 Å². The number of rotatable bonds is 5. The third kappa shape index (κ3) is 4.11. The number of benzene rings is 2. The van der Waals surface area contributed by atoms with Crippen LogP contribution in [-0.4, -0.2) is 6.61 Å². The molecular formula is C16H16BrClFNO. The Labute approximate surface area is 137 Å². The summed E-state index contributed by atoms with van der Waals surface area (Å²) in [6.07, 6.45) is 0. The van der Waals surface area contributed by atoms with Crippen LogP contribution in [0.4, 0.5) is 10.1 Å². The molecule has 0 aromatic heterocycles. The van der Waals surface area contributed by atoms with Gasteiger partial charge in [-0.2, -0.15) is 0 Å². The Kier molecular flexibility index (Phi) is 5.48. The highest BCUT2D eigenvalue weighted by Gasteiger charge is 2.10. The van der Waals surface area contributed by atoms with E-state index in [0.717, 1.165) is 27.0 Å². The third-order valence-electron chi connectivity index (χ3n) is 3.07. The first kappa shape index (κ1) is 16.1. The first-order chi connectivity index (χ1) is 10.0. The van der Waals surface area contributed by atoms with Gasteiger partial charge >= 0.3 is 0 Å². The van der Waals surface area contributed by atoms with Gasteiger partial charge in [-0.25, -0.2) is 4.39 Å². The van der Waals surface area contributed by atoms with Gasteiger partial charge < -0.3 is 10.1 Å². The minimum Gasteiger partial charge on any atom is -0.491 e. The fourth-order valence-corrected chi connectivity index (χ4v) is 2.96. The molecule has 2 aromatic carbocycles. The molecule has 0 saturated heterocycles. The molecular weight excluding hydrogens is 357 g/mol. The summed E-state index contributed by atoms with van der Waals surface area (Å²) < 4.78 is 19.6. The number of anilines is 1. The molecule has 2 nitrogen and oxygen atoms in total. The Morgan fingerprint density at radius 1 is 1.29 bits per heavy atom. The van der Waals surface area contributed by atoms with Gasteiger partial charge in [0.05, 0.1) is 16.8 Å². The van der Waals surface area contributed by atoms with Gasteiger partial charge in [-0.15, -0.1) is 0 Å². The van der Waals surface area contributed by atoms with Crippen LogP contribution in [-0.2, 0) is 6.54 Å². The first-order valence-electron chi connectivity index (χ1n) is 6.62. The van der Waals surface area contributed by atoms with E-state index in [4.69, 9.17) is 16.3 Å². The molecule has 0 heterocycles. The van der Waals surface area contributed by atoms with Crippen LogP contribution in [0.5, 0.6) is 5.75 Å². The zero-order valence-electron chi connectivity index (χ0n) is 11.8. The van der Waals surface area contributed by atoms with E-state index in [-0.39, 0.29) is 5.82 Å². The van der Waals surface area contributed by atoms with Crippen LogP contribution in [0.25, 0.3) is 0 Å². The lowest BCUT2D eigenvalue weighted by Crippen LogP contribution is -2.05. The molecule has 5 heteroatoms. The maximum Gasteiger partial charge on any atom is 0.156 e. The number of aryl methyl sites for hydroxylation is 1. The van der Waals surface area contributed by atoms with Gasteiger partial charge in [-0.3, -0.25) is 0 Å². The average molecular weight is 373 g/mol. The SMILES string of the molecule is CCOc1c(Br)cc(Cl)cc1NCc1ccc(F)cc1C. The summed E-state index contributed by atoms with van der Waals surface area (Å²) >= 11 is 9.53. The number of ether oxygens (including phenoxy) is 1. The van der Waals surface area contributed by atoms with Gasteiger partial charge in [0.25, 0.3) is 0 Å². The Bertz CT molecular complexity index is 648. The second kappa shape index (κ2) is 7.14. The summed E-state index contributed by atoms with van der Waals surface area (Å²) in [5.74, 6) is 0.499. The summed E-state index contributed by atoms with van der Waals surface area (Å²) in [5, 5.41) is 3.91. The molecule has 0 bridgehead atoms. The molecule has 2 aromatic rings. The van der Waals surface area contributed by atoms with Crippen LogP contribution in [0.15, 0.2) is 34.8 Å². The highest BCUT2D eigenvalue weighted by atomic mass is 79.9. The fraction of sp³-hybridized carbons (Fsp3) is 0.250. The molecule has 0 fully saturated rings. The number of nitrogens with one attached hydrogen (secondary N) is 1. The lowest BCUT2D eigenvalue weighted by Gasteiger charge is -2.15. The average Bonchev–Trinajstić information content (AvgIpc) is 2.41. The van der Waals surface area contributed by atoms with E-state index < -0.39 is 0 Å². The summed E-state index contributed by atoms with van der Waals surface area (Å²) in [7, 11) is 0. The standard InChI is InChI=1S/C16H16BrClFNO/c1-3-21-16-14(17)7-12(18)8-15(16)20-9-11-4-5-13(19)6-10(11)2/h4-8,20H,3,9H2,1-2H3. The van der Waals surface area contributed by atoms with Crippen molar-refractivity contribution in [3.63, 3.8) is 0 Å². The third-order valence-corrected chi connectivity index (χ3v) is 3.88. The van der Waals surface area contributed by atoms with Crippen molar-refractivity contribution < 1.29 is 9.13 Å². The highest BCUT2D eigenvalue weighted by Crippen LogP contribution is 2.36. The van der Waals surface area contributed by atoms with Gasteiger partial charge in [0.2, 0.25) is 0 Å². The number of halogens is 3. The van der Waals surface area contributed by atoms with Crippen molar-refractivity contribution in [2.24, 2.45) is 0 Å². The predicted molar refractivity (Wildman–Crippen MR) is 88.8 cm³/mol. The van der Waals surface area contributed by atoms with Crippen molar-refractivity contribution in [1.82, 2.24) is 0 Å². The molecule has 112 valence electrons. The van der Waals surface area contributed by atoms with Gasteiger partial charge in [-0.05, 0) is 65.2 Å². The van der Waals surface area contributed by atoms with Crippen LogP contribution in [0.3, 0.4) is 0 Å². The van der Waals surface area contributed by atoms with Gasteiger partial charge in [0, 0.05) is 11.6 Å². The maximum absolute atomic E-state index is 13.1. The maximum atomic E-state index is 13.1. The van der Waals surface area contributed by atoms with Crippen molar-refractivity contribution in [3.8, 4) is 5.75 Å². The molecule has 0 unspecified atom stereocenters. The molecule has 0 aliphatic carbocycles. The molecule has 0 saturated carbocycles. The van der Waals surface area contributed by atoms with Crippen LogP contribution in [0, 0.1) is 12.7 Å². The minimum atomic E-state index is -0.225.